The highest BCUT2D eigenvalue weighted by Gasteiger charge is 2.32. The van der Waals surface area contributed by atoms with Gasteiger partial charge in [-0.25, -0.2) is 0 Å². The van der Waals surface area contributed by atoms with E-state index in [1.165, 1.54) is 0 Å². The van der Waals surface area contributed by atoms with Gasteiger partial charge in [0.25, 0.3) is 0 Å². The molecular formula is C11H13NO2. The average Bonchev–Trinajstić information content (AvgIpc) is 2.12. The lowest BCUT2D eigenvalue weighted by Gasteiger charge is -2.33. The van der Waals surface area contributed by atoms with Crippen molar-refractivity contribution in [1.29, 1.82) is 0 Å². The van der Waals surface area contributed by atoms with E-state index in [1.54, 1.807) is 6.20 Å². The Bertz CT molecular complexity index is 317. The molecule has 1 heterocycles. The van der Waals surface area contributed by atoms with Gasteiger partial charge in [-0.05, 0) is 30.9 Å². The van der Waals surface area contributed by atoms with Crippen LogP contribution in [-0.2, 0) is 4.79 Å². The summed E-state index contributed by atoms with van der Waals surface area (Å²) in [7, 11) is 0. The van der Waals surface area contributed by atoms with E-state index in [0.29, 0.717) is 18.3 Å². The van der Waals surface area contributed by atoms with E-state index < -0.39 is 5.97 Å². The summed E-state index contributed by atoms with van der Waals surface area (Å²) in [6.07, 6.45) is 4.05. The first-order valence-corrected chi connectivity index (χ1v) is 4.88. The third kappa shape index (κ3) is 1.92. The maximum atomic E-state index is 10.4. The third-order valence-corrected chi connectivity index (χ3v) is 2.81. The highest BCUT2D eigenvalue weighted by molar-refractivity contribution is 5.67. The van der Waals surface area contributed by atoms with Crippen LogP contribution >= 0.6 is 0 Å². The summed E-state index contributed by atoms with van der Waals surface area (Å²) in [6.45, 7) is 0. The van der Waals surface area contributed by atoms with Crippen molar-refractivity contribution in [3.05, 3.63) is 30.1 Å². The molecule has 0 spiro atoms. The minimum absolute atomic E-state index is 0.309. The van der Waals surface area contributed by atoms with E-state index >= 15 is 0 Å². The Labute approximate surface area is 82.8 Å². The molecule has 0 aromatic carbocycles. The minimum atomic E-state index is -0.686. The molecule has 2 rings (SSSR count). The highest BCUT2D eigenvalue weighted by Crippen LogP contribution is 2.42. The van der Waals surface area contributed by atoms with E-state index in [1.807, 2.05) is 18.2 Å². The van der Waals surface area contributed by atoms with Gasteiger partial charge in [0.05, 0.1) is 0 Å². The van der Waals surface area contributed by atoms with Crippen molar-refractivity contribution in [2.24, 2.45) is 5.92 Å². The maximum Gasteiger partial charge on any atom is 0.303 e. The van der Waals surface area contributed by atoms with Crippen molar-refractivity contribution in [2.75, 3.05) is 0 Å². The summed E-state index contributed by atoms with van der Waals surface area (Å²) < 4.78 is 0. The van der Waals surface area contributed by atoms with Gasteiger partial charge in [-0.1, -0.05) is 6.07 Å². The summed E-state index contributed by atoms with van der Waals surface area (Å²) in [5.74, 6) is 0.162. The fourth-order valence-electron chi connectivity index (χ4n) is 2.01. The van der Waals surface area contributed by atoms with Gasteiger partial charge in [0.2, 0.25) is 0 Å². The molecule has 0 unspecified atom stereocenters. The van der Waals surface area contributed by atoms with Crippen LogP contribution in [0.1, 0.15) is 30.9 Å². The predicted octanol–water partition coefficient (Wildman–Crippen LogP) is 2.05. The van der Waals surface area contributed by atoms with Gasteiger partial charge in [-0.15, -0.1) is 0 Å². The Morgan fingerprint density at radius 2 is 2.29 bits per heavy atom. The molecule has 1 aromatic rings. The van der Waals surface area contributed by atoms with Gasteiger partial charge in [-0.2, -0.15) is 0 Å². The molecule has 1 aliphatic rings. The van der Waals surface area contributed by atoms with Crippen LogP contribution in [0.5, 0.6) is 0 Å². The van der Waals surface area contributed by atoms with Crippen molar-refractivity contribution in [3.63, 3.8) is 0 Å². The molecule has 1 fully saturated rings. The molecule has 1 aromatic heterocycles. The molecule has 0 radical (unpaired) electrons. The van der Waals surface area contributed by atoms with E-state index in [-0.39, 0.29) is 0 Å². The summed E-state index contributed by atoms with van der Waals surface area (Å²) in [6, 6.07) is 5.89. The molecule has 3 heteroatoms. The van der Waals surface area contributed by atoms with Crippen LogP contribution in [0.3, 0.4) is 0 Å². The Kier molecular flexibility index (Phi) is 2.48. The minimum Gasteiger partial charge on any atom is -0.481 e. The van der Waals surface area contributed by atoms with Gasteiger partial charge in [0.15, 0.2) is 0 Å². The van der Waals surface area contributed by atoms with Crippen molar-refractivity contribution in [2.45, 2.75) is 25.2 Å². The number of carbonyl (C=O) groups is 1. The number of aliphatic carboxylic acids is 1. The quantitative estimate of drug-likeness (QED) is 0.795. The Morgan fingerprint density at radius 1 is 1.50 bits per heavy atom. The zero-order valence-electron chi connectivity index (χ0n) is 7.89. The van der Waals surface area contributed by atoms with E-state index in [2.05, 4.69) is 4.98 Å². The van der Waals surface area contributed by atoms with Crippen molar-refractivity contribution in [1.82, 2.24) is 4.98 Å². The van der Waals surface area contributed by atoms with Crippen LogP contribution in [0, 0.1) is 5.92 Å². The van der Waals surface area contributed by atoms with Crippen LogP contribution in [-0.4, -0.2) is 16.1 Å². The van der Waals surface area contributed by atoms with Gasteiger partial charge in [0, 0.05) is 24.2 Å². The lowest BCUT2D eigenvalue weighted by Crippen LogP contribution is -2.24. The second-order valence-corrected chi connectivity index (χ2v) is 3.89. The number of nitrogens with zero attached hydrogens (tertiary/aromatic N) is 1. The fraction of sp³-hybridized carbons (Fsp3) is 0.455. The van der Waals surface area contributed by atoms with E-state index in [4.69, 9.17) is 5.11 Å². The van der Waals surface area contributed by atoms with Crippen LogP contribution in [0.15, 0.2) is 24.4 Å². The van der Waals surface area contributed by atoms with Crippen LogP contribution in [0.4, 0.5) is 0 Å². The molecule has 3 nitrogen and oxygen atoms in total. The zero-order chi connectivity index (χ0) is 9.97. The van der Waals surface area contributed by atoms with Crippen LogP contribution in [0.25, 0.3) is 0 Å². The van der Waals surface area contributed by atoms with Gasteiger partial charge < -0.3 is 5.11 Å². The number of rotatable bonds is 3. The first-order chi connectivity index (χ1) is 6.75. The number of pyridine rings is 1. The van der Waals surface area contributed by atoms with Crippen molar-refractivity contribution >= 4 is 5.97 Å². The predicted molar refractivity (Wildman–Crippen MR) is 52.0 cm³/mol. The number of hydrogen-bond acceptors (Lipinski definition) is 2. The Balaban J connectivity index is 1.86. The molecule has 0 saturated heterocycles. The monoisotopic (exact) mass is 191 g/mol. The number of hydrogen-bond donors (Lipinski definition) is 1. The lowest BCUT2D eigenvalue weighted by molar-refractivity contribution is -0.138. The molecule has 0 amide bonds. The number of aromatic nitrogens is 1. The second kappa shape index (κ2) is 3.78. The molecule has 1 saturated carbocycles. The molecule has 0 bridgehead atoms. The summed E-state index contributed by atoms with van der Waals surface area (Å²) >= 11 is 0. The Hall–Kier alpha value is -1.38. The van der Waals surface area contributed by atoms with Gasteiger partial charge in [0.1, 0.15) is 0 Å². The largest absolute Gasteiger partial charge is 0.481 e. The zero-order valence-corrected chi connectivity index (χ0v) is 7.89. The van der Waals surface area contributed by atoms with E-state index in [0.717, 1.165) is 18.5 Å². The normalized spacial score (nSPS) is 25.4. The molecule has 1 N–H and O–H groups in total. The Morgan fingerprint density at radius 3 is 2.86 bits per heavy atom. The topological polar surface area (TPSA) is 50.2 Å². The lowest BCUT2D eigenvalue weighted by atomic mass is 9.71. The van der Waals surface area contributed by atoms with Gasteiger partial charge in [-0.3, -0.25) is 9.78 Å². The molecule has 0 atom stereocenters. The van der Waals surface area contributed by atoms with Crippen LogP contribution < -0.4 is 0 Å². The van der Waals surface area contributed by atoms with E-state index in [9.17, 15) is 4.79 Å². The first kappa shape index (κ1) is 9.19. The summed E-state index contributed by atoms with van der Waals surface area (Å²) in [5.41, 5.74) is 1.11. The molecule has 1 aliphatic carbocycles. The highest BCUT2D eigenvalue weighted by atomic mass is 16.4. The maximum absolute atomic E-state index is 10.4. The van der Waals surface area contributed by atoms with Gasteiger partial charge >= 0.3 is 5.97 Å². The molecular weight excluding hydrogens is 178 g/mol. The third-order valence-electron chi connectivity index (χ3n) is 2.81. The standard InChI is InChI=1S/C11H13NO2/c13-11(14)7-8-5-9(6-8)10-3-1-2-4-12-10/h1-4,8-9H,5-7H2,(H,13,14). The SMILES string of the molecule is O=C(O)CC1CC(c2ccccn2)C1. The smallest absolute Gasteiger partial charge is 0.303 e. The number of carboxylic acids is 1. The molecule has 74 valence electrons. The average molecular weight is 191 g/mol. The molecule has 14 heavy (non-hydrogen) atoms. The van der Waals surface area contributed by atoms with Crippen molar-refractivity contribution in [3.8, 4) is 0 Å². The first-order valence-electron chi connectivity index (χ1n) is 4.88. The van der Waals surface area contributed by atoms with Crippen LogP contribution in [0.2, 0.25) is 0 Å². The summed E-state index contributed by atoms with van der Waals surface area (Å²) in [4.78, 5) is 14.7. The van der Waals surface area contributed by atoms with Crippen molar-refractivity contribution < 1.29 is 9.90 Å². The molecule has 0 aliphatic heterocycles. The number of carboxylic acid groups (broad SMARTS) is 1. The fourth-order valence-corrected chi connectivity index (χ4v) is 2.01. The second-order valence-electron chi connectivity index (χ2n) is 3.89. The summed E-state index contributed by atoms with van der Waals surface area (Å²) in [5, 5.41) is 8.59.